The van der Waals surface area contributed by atoms with E-state index in [1.807, 2.05) is 4.90 Å². The molecule has 1 unspecified atom stereocenters. The van der Waals surface area contributed by atoms with Crippen molar-refractivity contribution in [3.05, 3.63) is 12.4 Å². The first kappa shape index (κ1) is 19.4. The molecule has 3 saturated heterocycles. The van der Waals surface area contributed by atoms with Crippen LogP contribution in [-0.2, 0) is 9.53 Å². The largest absolute Gasteiger partial charge is 0.478 e. The molecular formula is C20H31N5O3. The summed E-state index contributed by atoms with van der Waals surface area (Å²) >= 11 is 0. The minimum Gasteiger partial charge on any atom is -0.478 e. The van der Waals surface area contributed by atoms with Gasteiger partial charge in [0.1, 0.15) is 0 Å². The fourth-order valence-corrected chi connectivity index (χ4v) is 4.70. The predicted octanol–water partition coefficient (Wildman–Crippen LogP) is 1.02. The third kappa shape index (κ3) is 4.22. The Bertz CT molecular complexity index is 659. The number of aromatic nitrogens is 2. The second-order valence-corrected chi connectivity index (χ2v) is 7.88. The maximum absolute atomic E-state index is 12.9. The summed E-state index contributed by atoms with van der Waals surface area (Å²) in [5, 5.41) is 0. The van der Waals surface area contributed by atoms with E-state index >= 15 is 0 Å². The Kier molecular flexibility index (Phi) is 6.26. The van der Waals surface area contributed by atoms with Crippen molar-refractivity contribution in [1.29, 1.82) is 0 Å². The van der Waals surface area contributed by atoms with Gasteiger partial charge in [0.15, 0.2) is 5.82 Å². The lowest BCUT2D eigenvalue weighted by atomic mass is 9.92. The van der Waals surface area contributed by atoms with Crippen molar-refractivity contribution < 1.29 is 14.3 Å². The number of methoxy groups -OCH3 is 1. The van der Waals surface area contributed by atoms with Crippen LogP contribution in [0, 0.1) is 5.92 Å². The number of carbonyl (C=O) groups excluding carboxylic acids is 1. The van der Waals surface area contributed by atoms with E-state index in [-0.39, 0.29) is 5.92 Å². The third-order valence-corrected chi connectivity index (χ3v) is 6.25. The molecule has 0 saturated carbocycles. The standard InChI is InChI=1S/C20H31N5O3/c1-27-19-18(21-6-7-22-19)23-9-4-17(5-10-23)25-8-2-3-16(15-25)20(26)24-11-13-28-14-12-24/h6-7,16-17H,2-5,8-15H2,1H3. The maximum atomic E-state index is 12.9. The number of nitrogens with zero attached hydrogens (tertiary/aromatic N) is 5. The van der Waals surface area contributed by atoms with E-state index in [1.165, 1.54) is 0 Å². The molecule has 4 rings (SSSR count). The van der Waals surface area contributed by atoms with E-state index in [4.69, 9.17) is 9.47 Å². The number of ether oxygens (including phenoxy) is 2. The molecule has 8 nitrogen and oxygen atoms in total. The van der Waals surface area contributed by atoms with Crippen LogP contribution in [0.1, 0.15) is 25.7 Å². The number of piperidine rings is 2. The second kappa shape index (κ2) is 9.05. The van der Waals surface area contributed by atoms with Gasteiger partial charge in [-0.1, -0.05) is 0 Å². The summed E-state index contributed by atoms with van der Waals surface area (Å²) in [6.07, 6.45) is 7.67. The van der Waals surface area contributed by atoms with E-state index in [0.717, 1.165) is 70.8 Å². The first-order valence-corrected chi connectivity index (χ1v) is 10.5. The molecule has 0 radical (unpaired) electrons. The lowest BCUT2D eigenvalue weighted by Gasteiger charge is -2.43. The van der Waals surface area contributed by atoms with Gasteiger partial charge in [0, 0.05) is 51.2 Å². The first-order valence-electron chi connectivity index (χ1n) is 10.5. The van der Waals surface area contributed by atoms with Gasteiger partial charge in [-0.05, 0) is 32.2 Å². The topological polar surface area (TPSA) is 71.0 Å². The molecule has 0 bridgehead atoms. The summed E-state index contributed by atoms with van der Waals surface area (Å²) in [6, 6.07) is 0.541. The van der Waals surface area contributed by atoms with Crippen LogP contribution in [-0.4, -0.2) is 91.3 Å². The van der Waals surface area contributed by atoms with Crippen LogP contribution in [0.15, 0.2) is 12.4 Å². The molecule has 154 valence electrons. The van der Waals surface area contributed by atoms with Gasteiger partial charge in [-0.15, -0.1) is 0 Å². The minimum atomic E-state index is 0.143. The second-order valence-electron chi connectivity index (χ2n) is 7.88. The summed E-state index contributed by atoms with van der Waals surface area (Å²) in [6.45, 7) is 6.72. The Labute approximate surface area is 166 Å². The highest BCUT2D eigenvalue weighted by atomic mass is 16.5. The Morgan fingerprint density at radius 2 is 1.82 bits per heavy atom. The Hall–Kier alpha value is -1.93. The Morgan fingerprint density at radius 1 is 1.07 bits per heavy atom. The van der Waals surface area contributed by atoms with Gasteiger partial charge in [0.05, 0.1) is 26.2 Å². The molecule has 3 aliphatic rings. The van der Waals surface area contributed by atoms with E-state index in [9.17, 15) is 4.79 Å². The highest BCUT2D eigenvalue weighted by Crippen LogP contribution is 2.29. The molecule has 1 aromatic heterocycles. The van der Waals surface area contributed by atoms with Crippen LogP contribution in [0.4, 0.5) is 5.82 Å². The average Bonchev–Trinajstić information content (AvgIpc) is 2.79. The molecule has 28 heavy (non-hydrogen) atoms. The molecule has 1 amide bonds. The molecule has 4 heterocycles. The van der Waals surface area contributed by atoms with E-state index < -0.39 is 0 Å². The molecule has 0 spiro atoms. The van der Waals surface area contributed by atoms with Crippen LogP contribution in [0.5, 0.6) is 5.88 Å². The van der Waals surface area contributed by atoms with Crippen molar-refractivity contribution in [1.82, 2.24) is 19.8 Å². The molecule has 0 aromatic carbocycles. The molecule has 3 aliphatic heterocycles. The number of rotatable bonds is 4. The highest BCUT2D eigenvalue weighted by Gasteiger charge is 2.34. The van der Waals surface area contributed by atoms with Crippen molar-refractivity contribution in [3.8, 4) is 5.88 Å². The number of hydrogen-bond donors (Lipinski definition) is 0. The van der Waals surface area contributed by atoms with Gasteiger partial charge in [-0.25, -0.2) is 9.97 Å². The van der Waals surface area contributed by atoms with E-state index in [1.54, 1.807) is 19.5 Å². The highest BCUT2D eigenvalue weighted by molar-refractivity contribution is 5.79. The van der Waals surface area contributed by atoms with Gasteiger partial charge in [0.2, 0.25) is 5.91 Å². The summed E-state index contributed by atoms with van der Waals surface area (Å²) in [5.41, 5.74) is 0. The van der Waals surface area contributed by atoms with Crippen molar-refractivity contribution in [2.45, 2.75) is 31.7 Å². The number of hydrogen-bond acceptors (Lipinski definition) is 7. The van der Waals surface area contributed by atoms with Gasteiger partial charge in [-0.2, -0.15) is 0 Å². The van der Waals surface area contributed by atoms with Crippen molar-refractivity contribution in [2.75, 3.05) is 64.5 Å². The lowest BCUT2D eigenvalue weighted by Crippen LogP contribution is -2.52. The van der Waals surface area contributed by atoms with Gasteiger partial charge in [0.25, 0.3) is 5.88 Å². The van der Waals surface area contributed by atoms with Crippen LogP contribution in [0.2, 0.25) is 0 Å². The van der Waals surface area contributed by atoms with Crippen LogP contribution in [0.25, 0.3) is 0 Å². The van der Waals surface area contributed by atoms with E-state index in [2.05, 4.69) is 19.8 Å². The van der Waals surface area contributed by atoms with Crippen LogP contribution >= 0.6 is 0 Å². The quantitative estimate of drug-likeness (QED) is 0.761. The SMILES string of the molecule is COc1nccnc1N1CCC(N2CCCC(C(=O)N3CCOCC3)C2)CC1. The number of anilines is 1. The molecular weight excluding hydrogens is 358 g/mol. The van der Waals surface area contributed by atoms with Crippen molar-refractivity contribution >= 4 is 11.7 Å². The minimum absolute atomic E-state index is 0.143. The smallest absolute Gasteiger partial charge is 0.257 e. The average molecular weight is 390 g/mol. The summed E-state index contributed by atoms with van der Waals surface area (Å²) in [5.74, 6) is 1.90. The zero-order valence-corrected chi connectivity index (χ0v) is 16.8. The van der Waals surface area contributed by atoms with Crippen LogP contribution < -0.4 is 9.64 Å². The summed E-state index contributed by atoms with van der Waals surface area (Å²) in [4.78, 5) is 28.4. The third-order valence-electron chi connectivity index (χ3n) is 6.25. The van der Waals surface area contributed by atoms with E-state index in [0.29, 0.717) is 31.0 Å². The summed E-state index contributed by atoms with van der Waals surface area (Å²) < 4.78 is 10.8. The van der Waals surface area contributed by atoms with Gasteiger partial charge < -0.3 is 19.3 Å². The van der Waals surface area contributed by atoms with Crippen molar-refractivity contribution in [2.24, 2.45) is 5.92 Å². The molecule has 8 heteroatoms. The predicted molar refractivity (Wildman–Crippen MR) is 106 cm³/mol. The zero-order chi connectivity index (χ0) is 19.3. The lowest BCUT2D eigenvalue weighted by molar-refractivity contribution is -0.141. The molecule has 0 aliphatic carbocycles. The number of morpholine rings is 1. The maximum Gasteiger partial charge on any atom is 0.257 e. The zero-order valence-electron chi connectivity index (χ0n) is 16.8. The molecule has 3 fully saturated rings. The first-order chi connectivity index (χ1) is 13.8. The van der Waals surface area contributed by atoms with Gasteiger partial charge >= 0.3 is 0 Å². The Balaban J connectivity index is 1.32. The molecule has 0 N–H and O–H groups in total. The molecule has 1 aromatic rings. The Morgan fingerprint density at radius 3 is 2.57 bits per heavy atom. The monoisotopic (exact) mass is 389 g/mol. The number of likely N-dealkylation sites (tertiary alicyclic amines) is 1. The fourth-order valence-electron chi connectivity index (χ4n) is 4.70. The number of amides is 1. The van der Waals surface area contributed by atoms with Gasteiger partial charge in [-0.3, -0.25) is 9.69 Å². The van der Waals surface area contributed by atoms with Crippen molar-refractivity contribution in [3.63, 3.8) is 0 Å². The fraction of sp³-hybridized carbons (Fsp3) is 0.750. The molecule has 1 atom stereocenters. The summed E-state index contributed by atoms with van der Waals surface area (Å²) in [7, 11) is 1.64. The van der Waals surface area contributed by atoms with Crippen LogP contribution in [0.3, 0.4) is 0 Å². The normalized spacial score (nSPS) is 25.0. The number of carbonyl (C=O) groups is 1.